The predicted molar refractivity (Wildman–Crippen MR) is 98.8 cm³/mol. The van der Waals surface area contributed by atoms with Gasteiger partial charge in [0.25, 0.3) is 0 Å². The fourth-order valence-corrected chi connectivity index (χ4v) is 2.57. The minimum absolute atomic E-state index is 0.0675. The standard InChI is InChI=1S/C21H18O5/c1-24-18-9-15(10-19(13-18)25-2)4-3-14-5-6-16-12-17(7-8-22)26-21(23)20(16)11-14/h5-6,9-13,22H,7-8H2,1-2H3. The fraction of sp³-hybridized carbons (Fsp3) is 0.190. The summed E-state index contributed by atoms with van der Waals surface area (Å²) in [5, 5.41) is 10.2. The first-order valence-electron chi connectivity index (χ1n) is 8.05. The lowest BCUT2D eigenvalue weighted by molar-refractivity contribution is 0.285. The van der Waals surface area contributed by atoms with Gasteiger partial charge in [0, 0.05) is 23.6 Å². The molecule has 1 aromatic heterocycles. The van der Waals surface area contributed by atoms with Crippen LogP contribution in [0.15, 0.2) is 51.7 Å². The molecule has 26 heavy (non-hydrogen) atoms. The van der Waals surface area contributed by atoms with Crippen LogP contribution >= 0.6 is 0 Å². The second-order valence-corrected chi connectivity index (χ2v) is 5.63. The maximum Gasteiger partial charge on any atom is 0.343 e. The molecule has 0 spiro atoms. The van der Waals surface area contributed by atoms with E-state index in [-0.39, 0.29) is 6.61 Å². The summed E-state index contributed by atoms with van der Waals surface area (Å²) < 4.78 is 15.7. The van der Waals surface area contributed by atoms with Crippen LogP contribution in [0.2, 0.25) is 0 Å². The van der Waals surface area contributed by atoms with Gasteiger partial charge in [-0.1, -0.05) is 17.9 Å². The molecular weight excluding hydrogens is 332 g/mol. The van der Waals surface area contributed by atoms with E-state index in [4.69, 9.17) is 19.0 Å². The number of ether oxygens (including phenoxy) is 2. The highest BCUT2D eigenvalue weighted by atomic mass is 16.5. The highest BCUT2D eigenvalue weighted by Gasteiger charge is 2.05. The van der Waals surface area contributed by atoms with Gasteiger partial charge in [-0.25, -0.2) is 4.79 Å². The molecule has 132 valence electrons. The van der Waals surface area contributed by atoms with Gasteiger partial charge in [0.15, 0.2) is 0 Å². The molecule has 1 heterocycles. The lowest BCUT2D eigenvalue weighted by atomic mass is 10.1. The Morgan fingerprint density at radius 3 is 2.31 bits per heavy atom. The molecular formula is C21H18O5. The summed E-state index contributed by atoms with van der Waals surface area (Å²) in [5.41, 5.74) is 1.01. The molecule has 0 radical (unpaired) electrons. The van der Waals surface area contributed by atoms with Gasteiger partial charge in [-0.05, 0) is 35.7 Å². The third-order valence-corrected chi connectivity index (χ3v) is 3.87. The summed E-state index contributed by atoms with van der Waals surface area (Å²) in [5.74, 6) is 7.87. The molecule has 0 atom stereocenters. The van der Waals surface area contributed by atoms with Gasteiger partial charge in [-0.15, -0.1) is 0 Å². The van der Waals surface area contributed by atoms with Crippen LogP contribution in [0.4, 0.5) is 0 Å². The van der Waals surface area contributed by atoms with E-state index in [0.717, 1.165) is 10.9 Å². The van der Waals surface area contributed by atoms with E-state index in [1.165, 1.54) is 0 Å². The Bertz CT molecular complexity index is 1030. The van der Waals surface area contributed by atoms with Crippen LogP contribution in [0.5, 0.6) is 11.5 Å². The van der Waals surface area contributed by atoms with Crippen molar-refractivity contribution in [2.75, 3.05) is 20.8 Å². The van der Waals surface area contributed by atoms with Crippen molar-refractivity contribution >= 4 is 10.8 Å². The zero-order valence-corrected chi connectivity index (χ0v) is 14.5. The molecule has 0 aliphatic heterocycles. The Morgan fingerprint density at radius 2 is 1.65 bits per heavy atom. The average molecular weight is 350 g/mol. The monoisotopic (exact) mass is 350 g/mol. The number of aliphatic hydroxyl groups is 1. The SMILES string of the molecule is COc1cc(C#Cc2ccc3cc(CCO)oc(=O)c3c2)cc(OC)c1. The molecule has 0 unspecified atom stereocenters. The normalized spacial score (nSPS) is 10.3. The minimum Gasteiger partial charge on any atom is -0.497 e. The number of aliphatic hydroxyl groups excluding tert-OH is 1. The molecule has 2 aromatic carbocycles. The van der Waals surface area contributed by atoms with E-state index in [0.29, 0.717) is 34.6 Å². The van der Waals surface area contributed by atoms with Gasteiger partial charge in [-0.2, -0.15) is 0 Å². The first kappa shape index (κ1) is 17.6. The molecule has 0 saturated carbocycles. The van der Waals surface area contributed by atoms with E-state index >= 15 is 0 Å². The molecule has 1 N–H and O–H groups in total. The summed E-state index contributed by atoms with van der Waals surface area (Å²) in [7, 11) is 3.17. The van der Waals surface area contributed by atoms with Crippen molar-refractivity contribution in [3.63, 3.8) is 0 Å². The second kappa shape index (κ2) is 7.77. The van der Waals surface area contributed by atoms with E-state index < -0.39 is 5.63 Å². The van der Waals surface area contributed by atoms with Crippen molar-refractivity contribution in [2.24, 2.45) is 0 Å². The fourth-order valence-electron chi connectivity index (χ4n) is 2.57. The molecule has 5 heteroatoms. The summed E-state index contributed by atoms with van der Waals surface area (Å²) in [6.07, 6.45) is 0.310. The Balaban J connectivity index is 1.98. The van der Waals surface area contributed by atoms with E-state index in [1.54, 1.807) is 32.4 Å². The van der Waals surface area contributed by atoms with Crippen LogP contribution < -0.4 is 15.1 Å². The van der Waals surface area contributed by atoms with Gasteiger partial charge in [0.1, 0.15) is 17.3 Å². The summed E-state index contributed by atoms with van der Waals surface area (Å²) in [4.78, 5) is 12.1. The lowest BCUT2D eigenvalue weighted by Crippen LogP contribution is -2.03. The van der Waals surface area contributed by atoms with Crippen molar-refractivity contribution in [2.45, 2.75) is 6.42 Å². The smallest absolute Gasteiger partial charge is 0.343 e. The lowest BCUT2D eigenvalue weighted by Gasteiger charge is -2.04. The molecule has 3 rings (SSSR count). The van der Waals surface area contributed by atoms with Gasteiger partial charge in [0.2, 0.25) is 0 Å². The van der Waals surface area contributed by atoms with Crippen LogP contribution in [-0.4, -0.2) is 25.9 Å². The van der Waals surface area contributed by atoms with Crippen molar-refractivity contribution in [3.05, 3.63) is 69.8 Å². The van der Waals surface area contributed by atoms with Crippen molar-refractivity contribution < 1.29 is 19.0 Å². The van der Waals surface area contributed by atoms with E-state index in [9.17, 15) is 4.79 Å². The summed E-state index contributed by atoms with van der Waals surface area (Å²) in [6, 6.07) is 12.5. The van der Waals surface area contributed by atoms with Gasteiger partial charge >= 0.3 is 5.63 Å². The Morgan fingerprint density at radius 1 is 0.962 bits per heavy atom. The number of methoxy groups -OCH3 is 2. The molecule has 0 amide bonds. The third-order valence-electron chi connectivity index (χ3n) is 3.87. The minimum atomic E-state index is -0.433. The highest BCUT2D eigenvalue weighted by molar-refractivity contribution is 5.82. The van der Waals surface area contributed by atoms with Crippen LogP contribution in [0, 0.1) is 11.8 Å². The number of hydrogen-bond acceptors (Lipinski definition) is 5. The Labute approximate surface area is 150 Å². The van der Waals surface area contributed by atoms with Crippen LogP contribution in [-0.2, 0) is 6.42 Å². The van der Waals surface area contributed by atoms with Crippen LogP contribution in [0.3, 0.4) is 0 Å². The van der Waals surface area contributed by atoms with Gasteiger partial charge < -0.3 is 19.0 Å². The van der Waals surface area contributed by atoms with Crippen molar-refractivity contribution in [1.29, 1.82) is 0 Å². The number of benzene rings is 2. The summed E-state index contributed by atoms with van der Waals surface area (Å²) in [6.45, 7) is -0.0675. The molecule has 0 aliphatic carbocycles. The second-order valence-electron chi connectivity index (χ2n) is 5.63. The first-order chi connectivity index (χ1) is 12.6. The van der Waals surface area contributed by atoms with Gasteiger partial charge in [0.05, 0.1) is 26.2 Å². The zero-order chi connectivity index (χ0) is 18.5. The largest absolute Gasteiger partial charge is 0.497 e. The molecule has 5 nitrogen and oxygen atoms in total. The predicted octanol–water partition coefficient (Wildman–Crippen LogP) is 2.74. The number of fused-ring (bicyclic) bond motifs is 1. The molecule has 0 bridgehead atoms. The topological polar surface area (TPSA) is 68.9 Å². The molecule has 3 aromatic rings. The zero-order valence-electron chi connectivity index (χ0n) is 14.5. The molecule has 0 saturated heterocycles. The van der Waals surface area contributed by atoms with Crippen molar-refractivity contribution in [1.82, 2.24) is 0 Å². The van der Waals surface area contributed by atoms with E-state index in [2.05, 4.69) is 11.8 Å². The molecule has 0 aliphatic rings. The van der Waals surface area contributed by atoms with Gasteiger partial charge in [-0.3, -0.25) is 0 Å². The maximum atomic E-state index is 12.1. The average Bonchev–Trinajstić information content (AvgIpc) is 2.66. The number of hydrogen-bond donors (Lipinski definition) is 1. The van der Waals surface area contributed by atoms with Crippen molar-refractivity contribution in [3.8, 4) is 23.3 Å². The number of rotatable bonds is 4. The first-order valence-corrected chi connectivity index (χ1v) is 8.05. The maximum absolute atomic E-state index is 12.1. The third kappa shape index (κ3) is 3.88. The Kier molecular flexibility index (Phi) is 5.26. The quantitative estimate of drug-likeness (QED) is 0.733. The summed E-state index contributed by atoms with van der Waals surface area (Å²) >= 11 is 0. The van der Waals surface area contributed by atoms with Crippen LogP contribution in [0.1, 0.15) is 16.9 Å². The highest BCUT2D eigenvalue weighted by Crippen LogP contribution is 2.22. The van der Waals surface area contributed by atoms with E-state index in [1.807, 2.05) is 24.3 Å². The van der Waals surface area contributed by atoms with Crippen LogP contribution in [0.25, 0.3) is 10.8 Å². The molecule has 0 fully saturated rings. The Hall–Kier alpha value is -3.23.